The molecule has 1 amide bonds. The first-order valence-electron chi connectivity index (χ1n) is 8.83. The minimum absolute atomic E-state index is 0.0155. The predicted molar refractivity (Wildman–Crippen MR) is 98.9 cm³/mol. The summed E-state index contributed by atoms with van der Waals surface area (Å²) in [5, 5.41) is 2.69. The zero-order valence-corrected chi connectivity index (χ0v) is 16.6. The van der Waals surface area contributed by atoms with E-state index < -0.39 is 10.0 Å². The second-order valence-corrected chi connectivity index (χ2v) is 10.5. The van der Waals surface area contributed by atoms with Gasteiger partial charge in [0.15, 0.2) is 6.61 Å². The van der Waals surface area contributed by atoms with E-state index in [9.17, 15) is 13.2 Å². The first-order chi connectivity index (χ1) is 12.0. The van der Waals surface area contributed by atoms with Crippen LogP contribution in [0, 0.1) is 16.7 Å². The second-order valence-electron chi connectivity index (χ2n) is 8.40. The van der Waals surface area contributed by atoms with E-state index in [0.29, 0.717) is 17.4 Å². The van der Waals surface area contributed by atoms with Gasteiger partial charge in [0.2, 0.25) is 10.0 Å². The molecule has 1 heterocycles. The Bertz CT molecular complexity index is 899. The predicted octanol–water partition coefficient (Wildman–Crippen LogP) is 3.16. The Morgan fingerprint density at radius 3 is 2.65 bits per heavy atom. The molecule has 1 aromatic carbocycles. The van der Waals surface area contributed by atoms with Crippen LogP contribution in [-0.2, 0) is 14.8 Å². The fourth-order valence-corrected chi connectivity index (χ4v) is 6.82. The van der Waals surface area contributed by atoms with Crippen molar-refractivity contribution in [2.24, 2.45) is 16.7 Å². The van der Waals surface area contributed by atoms with E-state index >= 15 is 0 Å². The van der Waals surface area contributed by atoms with Gasteiger partial charge in [-0.2, -0.15) is 0 Å². The topological polar surface area (TPSA) is 84.5 Å². The van der Waals surface area contributed by atoms with Gasteiger partial charge in [-0.25, -0.2) is 13.1 Å². The van der Waals surface area contributed by atoms with Crippen molar-refractivity contribution >= 4 is 33.2 Å². The summed E-state index contributed by atoms with van der Waals surface area (Å²) in [4.78, 5) is 11.4. The van der Waals surface area contributed by atoms with E-state index in [0.717, 1.165) is 19.3 Å². The van der Waals surface area contributed by atoms with Gasteiger partial charge in [0.25, 0.3) is 5.91 Å². The third-order valence-corrected chi connectivity index (χ3v) is 8.98. The van der Waals surface area contributed by atoms with Gasteiger partial charge < -0.3 is 10.1 Å². The van der Waals surface area contributed by atoms with E-state index in [1.54, 1.807) is 0 Å². The van der Waals surface area contributed by atoms with Gasteiger partial charge in [0.05, 0.1) is 10.7 Å². The molecule has 2 N–H and O–H groups in total. The number of hydrogen-bond donors (Lipinski definition) is 2. The molecule has 3 aliphatic rings. The van der Waals surface area contributed by atoms with E-state index in [4.69, 9.17) is 16.3 Å². The summed E-state index contributed by atoms with van der Waals surface area (Å²) >= 11 is 6.22. The van der Waals surface area contributed by atoms with E-state index in [-0.39, 0.29) is 39.3 Å². The third-order valence-electron chi connectivity index (χ3n) is 7.05. The summed E-state index contributed by atoms with van der Waals surface area (Å²) in [6, 6.07) is 2.70. The molecular weight excluding hydrogens is 376 g/mol. The smallest absolute Gasteiger partial charge is 0.262 e. The van der Waals surface area contributed by atoms with Gasteiger partial charge in [-0.15, -0.1) is 0 Å². The number of anilines is 1. The molecule has 1 aromatic rings. The minimum atomic E-state index is -3.81. The molecule has 142 valence electrons. The third kappa shape index (κ3) is 2.47. The number of carbonyl (C=O) groups is 1. The van der Waals surface area contributed by atoms with Crippen LogP contribution in [-0.4, -0.2) is 27.0 Å². The molecule has 26 heavy (non-hydrogen) atoms. The van der Waals surface area contributed by atoms with Crippen molar-refractivity contribution < 1.29 is 17.9 Å². The average Bonchev–Trinajstić information content (AvgIpc) is 2.87. The molecule has 0 unspecified atom stereocenters. The number of ether oxygens (including phenoxy) is 1. The highest BCUT2D eigenvalue weighted by atomic mass is 35.5. The summed E-state index contributed by atoms with van der Waals surface area (Å²) < 4.78 is 34.3. The van der Waals surface area contributed by atoms with Gasteiger partial charge in [-0.3, -0.25) is 4.79 Å². The number of benzene rings is 1. The number of rotatable bonds is 3. The zero-order valence-electron chi connectivity index (χ0n) is 15.1. The first-order valence-corrected chi connectivity index (χ1v) is 10.7. The van der Waals surface area contributed by atoms with Crippen LogP contribution in [0.2, 0.25) is 5.02 Å². The van der Waals surface area contributed by atoms with Gasteiger partial charge in [0.1, 0.15) is 10.6 Å². The molecule has 3 atom stereocenters. The Balaban J connectivity index is 1.65. The number of sulfonamides is 1. The summed E-state index contributed by atoms with van der Waals surface area (Å²) in [7, 11) is -3.81. The monoisotopic (exact) mass is 398 g/mol. The van der Waals surface area contributed by atoms with E-state index in [1.807, 2.05) is 0 Å². The summed E-state index contributed by atoms with van der Waals surface area (Å²) in [5.41, 5.74) is 0.418. The highest BCUT2D eigenvalue weighted by Crippen LogP contribution is 2.65. The highest BCUT2D eigenvalue weighted by Gasteiger charge is 2.62. The molecule has 0 aromatic heterocycles. The minimum Gasteiger partial charge on any atom is -0.482 e. The Hall–Kier alpha value is -1.31. The van der Waals surface area contributed by atoms with Crippen LogP contribution < -0.4 is 14.8 Å². The van der Waals surface area contributed by atoms with Crippen molar-refractivity contribution in [2.45, 2.75) is 51.0 Å². The number of hydrogen-bond acceptors (Lipinski definition) is 4. The maximum atomic E-state index is 13.1. The molecule has 6 nitrogen and oxygen atoms in total. The van der Waals surface area contributed by atoms with E-state index in [2.05, 4.69) is 30.8 Å². The molecule has 2 bridgehead atoms. The number of carbonyl (C=O) groups excluding carboxylic acids is 1. The van der Waals surface area contributed by atoms with Crippen LogP contribution in [0.4, 0.5) is 5.69 Å². The second kappa shape index (κ2) is 5.59. The fourth-order valence-electron chi connectivity index (χ4n) is 4.92. The summed E-state index contributed by atoms with van der Waals surface area (Å²) in [6.45, 7) is 6.52. The van der Waals surface area contributed by atoms with Gasteiger partial charge in [-0.1, -0.05) is 32.4 Å². The van der Waals surface area contributed by atoms with Gasteiger partial charge in [-0.05, 0) is 42.1 Å². The molecule has 2 saturated carbocycles. The van der Waals surface area contributed by atoms with Crippen LogP contribution in [0.1, 0.15) is 40.0 Å². The van der Waals surface area contributed by atoms with Crippen molar-refractivity contribution in [2.75, 3.05) is 11.9 Å². The lowest BCUT2D eigenvalue weighted by molar-refractivity contribution is -0.118. The van der Waals surface area contributed by atoms with Crippen LogP contribution in [0.15, 0.2) is 17.0 Å². The molecule has 1 aliphatic heterocycles. The summed E-state index contributed by atoms with van der Waals surface area (Å²) in [6.07, 6.45) is 3.01. The Labute approximate surface area is 158 Å². The SMILES string of the molecule is CC1(C)[C@H]2CC[C@@]1(C)[C@H](NS(=O)(=O)c1cc3c(cc1Cl)NC(=O)CO3)C2. The first kappa shape index (κ1) is 18.1. The van der Waals surface area contributed by atoms with Crippen molar-refractivity contribution in [1.82, 2.24) is 4.72 Å². The zero-order chi connectivity index (χ0) is 18.9. The molecule has 8 heteroatoms. The number of halogens is 1. The molecule has 2 fully saturated rings. The average molecular weight is 399 g/mol. The van der Waals surface area contributed by atoms with Gasteiger partial charge in [0, 0.05) is 12.1 Å². The lowest BCUT2D eigenvalue weighted by Crippen LogP contribution is -2.46. The largest absolute Gasteiger partial charge is 0.482 e. The van der Waals surface area contributed by atoms with Crippen molar-refractivity contribution in [1.29, 1.82) is 0 Å². The Morgan fingerprint density at radius 2 is 2.04 bits per heavy atom. The molecule has 0 spiro atoms. The lowest BCUT2D eigenvalue weighted by atomic mass is 9.69. The van der Waals surface area contributed by atoms with Crippen LogP contribution in [0.5, 0.6) is 5.75 Å². The normalized spacial score (nSPS) is 32.1. The number of fused-ring (bicyclic) bond motifs is 3. The number of amides is 1. The number of nitrogens with one attached hydrogen (secondary N) is 2. The molecule has 2 aliphatic carbocycles. The maximum Gasteiger partial charge on any atom is 0.262 e. The summed E-state index contributed by atoms with van der Waals surface area (Å²) in [5.74, 6) is 0.547. The van der Waals surface area contributed by atoms with Crippen LogP contribution >= 0.6 is 11.6 Å². The standard InChI is InChI=1S/C18H23ClN2O4S/c1-17(2)10-4-5-18(17,3)15(6-10)21-26(23,24)14-8-13-12(7-11(14)19)20-16(22)9-25-13/h7-8,10,15,21H,4-6,9H2,1-3H3,(H,20,22)/t10-,15+,18-/m0/s1. The molecule has 0 saturated heterocycles. The Kier molecular flexibility index (Phi) is 3.89. The highest BCUT2D eigenvalue weighted by molar-refractivity contribution is 7.89. The quantitative estimate of drug-likeness (QED) is 0.819. The van der Waals surface area contributed by atoms with Crippen LogP contribution in [0.25, 0.3) is 0 Å². The Morgan fingerprint density at radius 1 is 1.31 bits per heavy atom. The molecule has 4 rings (SSSR count). The van der Waals surface area contributed by atoms with Crippen LogP contribution in [0.3, 0.4) is 0 Å². The fraction of sp³-hybridized carbons (Fsp3) is 0.611. The maximum absolute atomic E-state index is 13.1. The van der Waals surface area contributed by atoms with E-state index in [1.165, 1.54) is 12.1 Å². The van der Waals surface area contributed by atoms with Gasteiger partial charge >= 0.3 is 0 Å². The lowest BCUT2D eigenvalue weighted by Gasteiger charge is -2.39. The molecular formula is C18H23ClN2O4S. The van der Waals surface area contributed by atoms with Crippen molar-refractivity contribution in [3.63, 3.8) is 0 Å². The van der Waals surface area contributed by atoms with Crippen molar-refractivity contribution in [3.8, 4) is 5.75 Å². The molecule has 0 radical (unpaired) electrons. The van der Waals surface area contributed by atoms with Crippen molar-refractivity contribution in [3.05, 3.63) is 17.2 Å².